The van der Waals surface area contributed by atoms with Crippen LogP contribution in [0.3, 0.4) is 0 Å². The minimum absolute atomic E-state index is 0. The van der Waals surface area contributed by atoms with E-state index >= 15 is 0 Å². The fraction of sp³-hybridized carbons (Fsp3) is 0. The molecule has 0 aromatic carbocycles. The molecule has 0 spiro atoms. The molecule has 32 valence electrons. The minimum atomic E-state index is 0. The Morgan fingerprint density at radius 2 is 0.400 bits per heavy atom. The second-order valence-corrected chi connectivity index (χ2v) is 0. The normalized spacial score (nSPS) is 0. The van der Waals surface area contributed by atoms with Crippen LogP contribution in [0.1, 0.15) is 0 Å². The minimum Gasteiger partial charge on any atom is -2.00 e. The molecule has 0 atom stereocenters. The van der Waals surface area contributed by atoms with Crippen LogP contribution in [0.15, 0.2) is 0 Å². The van der Waals surface area contributed by atoms with E-state index in [2.05, 4.69) is 0 Å². The van der Waals surface area contributed by atoms with Crippen LogP contribution in [0.25, 0.3) is 0 Å². The van der Waals surface area contributed by atoms with Gasteiger partial charge in [-0.15, -0.1) is 0 Å². The predicted molar refractivity (Wildman–Crippen MR) is 8.50 cm³/mol. The molecule has 0 aromatic heterocycles. The zero-order valence-electron chi connectivity index (χ0n) is 2.21. The summed E-state index contributed by atoms with van der Waals surface area (Å²) in [7, 11) is 0. The van der Waals surface area contributed by atoms with Crippen molar-refractivity contribution in [2.24, 2.45) is 0 Å². The van der Waals surface area contributed by atoms with E-state index in [0.29, 0.717) is 0 Å². The number of hydrogen-bond acceptors (Lipinski definition) is 0. The summed E-state index contributed by atoms with van der Waals surface area (Å²) in [5, 5.41) is 0. The first kappa shape index (κ1) is 740. The molecule has 0 unspecified atom stereocenters. The van der Waals surface area contributed by atoms with Gasteiger partial charge in [-0.3, -0.25) is 0 Å². The van der Waals surface area contributed by atoms with Crippen LogP contribution in [0.2, 0.25) is 0 Å². The van der Waals surface area contributed by atoms with Crippen molar-refractivity contribution in [2.45, 2.75) is 0 Å². The Morgan fingerprint density at radius 3 is 0.400 bits per heavy atom. The van der Waals surface area contributed by atoms with Crippen molar-refractivity contribution in [3.8, 4) is 0 Å². The summed E-state index contributed by atoms with van der Waals surface area (Å²) in [4.78, 5) is 0. The van der Waals surface area contributed by atoms with Gasteiger partial charge in [0, 0.05) is 0 Å². The fourth-order valence-electron chi connectivity index (χ4n) is 0. The Labute approximate surface area is 40.2 Å². The van der Waals surface area contributed by atoms with Gasteiger partial charge in [0.1, 0.15) is 0 Å². The molecule has 0 saturated carbocycles. The molecule has 0 aromatic rings. The Hall–Kier alpha value is 0.372. The summed E-state index contributed by atoms with van der Waals surface area (Å²) in [6.45, 7) is 0. The van der Waals surface area contributed by atoms with Crippen molar-refractivity contribution in [1.82, 2.24) is 0 Å². The fourth-order valence-corrected chi connectivity index (χ4v) is 0. The quantitative estimate of drug-likeness (QED) is 0.345. The van der Waals surface area contributed by atoms with Crippen molar-refractivity contribution in [3.63, 3.8) is 0 Å². The van der Waals surface area contributed by atoms with Crippen LogP contribution in [-0.4, -0.2) is 17.4 Å². The summed E-state index contributed by atoms with van der Waals surface area (Å²) in [6.07, 6.45) is 0. The van der Waals surface area contributed by atoms with Crippen molar-refractivity contribution >= 4 is 17.4 Å². The third-order valence-corrected chi connectivity index (χ3v) is 0. The molecule has 0 bridgehead atoms. The molecule has 5 heavy (non-hydrogen) atoms. The van der Waals surface area contributed by atoms with Gasteiger partial charge in [-0.1, -0.05) is 0 Å². The van der Waals surface area contributed by atoms with Gasteiger partial charge in [0.05, 0.1) is 0 Å². The van der Waals surface area contributed by atoms with E-state index < -0.39 is 0 Å². The molecule has 0 heterocycles. The first-order valence-electron chi connectivity index (χ1n) is 0. The molecule has 0 aliphatic heterocycles. The van der Waals surface area contributed by atoms with Crippen molar-refractivity contribution in [3.05, 3.63) is 0 Å². The van der Waals surface area contributed by atoms with E-state index in [-0.39, 0.29) is 39.3 Å². The standard InChI is InChI=1S/Al.4O/q+3;4*-2. The van der Waals surface area contributed by atoms with Crippen molar-refractivity contribution < 1.29 is 21.9 Å². The van der Waals surface area contributed by atoms with Gasteiger partial charge < -0.3 is 21.9 Å². The summed E-state index contributed by atoms with van der Waals surface area (Å²) >= 11 is 0. The van der Waals surface area contributed by atoms with Gasteiger partial charge in [-0.25, -0.2) is 0 Å². The molecule has 0 radical (unpaired) electrons. The molecule has 0 aliphatic rings. The van der Waals surface area contributed by atoms with E-state index in [9.17, 15) is 0 Å². The largest absolute Gasteiger partial charge is 3.00 e. The first-order valence-corrected chi connectivity index (χ1v) is 0. The Morgan fingerprint density at radius 1 is 0.400 bits per heavy atom. The second-order valence-electron chi connectivity index (χ2n) is 0. The Bertz CT molecular complexity index is 3.61. The SMILES string of the molecule is [Al+3].[O-2].[O-2].[O-2].[O-2]. The zero-order chi connectivity index (χ0) is 0. The third kappa shape index (κ3) is 177. The third-order valence-electron chi connectivity index (χ3n) is 0. The maximum Gasteiger partial charge on any atom is 3.00 e. The van der Waals surface area contributed by atoms with Gasteiger partial charge in [0.25, 0.3) is 0 Å². The summed E-state index contributed by atoms with van der Waals surface area (Å²) < 4.78 is 0. The topological polar surface area (TPSA) is 114 Å². The molecule has 0 rings (SSSR count). The second kappa shape index (κ2) is 358. The van der Waals surface area contributed by atoms with Gasteiger partial charge in [-0.2, -0.15) is 0 Å². The van der Waals surface area contributed by atoms with Crippen LogP contribution in [0.4, 0.5) is 0 Å². The molecule has 0 amide bonds. The molecular formula is AlO4-5. The van der Waals surface area contributed by atoms with Crippen LogP contribution >= 0.6 is 0 Å². The van der Waals surface area contributed by atoms with Crippen molar-refractivity contribution in [2.75, 3.05) is 0 Å². The molecule has 4 nitrogen and oxygen atoms in total. The van der Waals surface area contributed by atoms with Gasteiger partial charge in [-0.05, 0) is 0 Å². The van der Waals surface area contributed by atoms with E-state index in [4.69, 9.17) is 0 Å². The number of rotatable bonds is 0. The van der Waals surface area contributed by atoms with E-state index in [1.165, 1.54) is 0 Å². The van der Waals surface area contributed by atoms with E-state index in [1.807, 2.05) is 0 Å². The maximum atomic E-state index is 0. The van der Waals surface area contributed by atoms with Gasteiger partial charge >= 0.3 is 17.4 Å². The average Bonchev–Trinajstić information content (AvgIpc) is 0. The summed E-state index contributed by atoms with van der Waals surface area (Å²) in [6, 6.07) is 0. The molecule has 0 fully saturated rings. The van der Waals surface area contributed by atoms with Crippen LogP contribution in [-0.2, 0) is 21.9 Å². The maximum absolute atomic E-state index is 0. The summed E-state index contributed by atoms with van der Waals surface area (Å²) in [5.41, 5.74) is 0. The average molecular weight is 91.0 g/mol. The molecule has 0 N–H and O–H groups in total. The van der Waals surface area contributed by atoms with E-state index in [1.54, 1.807) is 0 Å². The smallest absolute Gasteiger partial charge is 2.00 e. The van der Waals surface area contributed by atoms with Gasteiger partial charge in [0.2, 0.25) is 0 Å². The Balaban J connectivity index is 0. The van der Waals surface area contributed by atoms with Crippen LogP contribution < -0.4 is 0 Å². The summed E-state index contributed by atoms with van der Waals surface area (Å²) in [5.74, 6) is 0. The van der Waals surface area contributed by atoms with Crippen LogP contribution in [0, 0.1) is 0 Å². The van der Waals surface area contributed by atoms with E-state index in [0.717, 1.165) is 0 Å². The first-order chi connectivity index (χ1) is 0. The zero-order valence-corrected chi connectivity index (χ0v) is 3.37. The van der Waals surface area contributed by atoms with Crippen molar-refractivity contribution in [1.29, 1.82) is 0 Å². The Kier molecular flexibility index (Phi) is 53100. The molecular weight excluding hydrogens is 91.0 g/mol. The molecule has 0 aliphatic carbocycles. The molecule has 0 saturated heterocycles. The van der Waals surface area contributed by atoms with Gasteiger partial charge in [0.15, 0.2) is 0 Å². The monoisotopic (exact) mass is 91.0 g/mol. The number of hydrogen-bond donors (Lipinski definition) is 0. The van der Waals surface area contributed by atoms with Crippen LogP contribution in [0.5, 0.6) is 0 Å². The molecule has 5 heteroatoms. The predicted octanol–water partition coefficient (Wildman–Crippen LogP) is -0.856.